The molecule has 0 aromatic heterocycles. The molecule has 0 saturated carbocycles. The van der Waals surface area contributed by atoms with Gasteiger partial charge in [-0.2, -0.15) is 12.6 Å². The van der Waals surface area contributed by atoms with Gasteiger partial charge < -0.3 is 6.53 Å². The summed E-state index contributed by atoms with van der Waals surface area (Å²) in [7, 11) is 0. The molecule has 0 amide bonds. The standard InChI is InChI=1S/C4H8O2S.K.H/c1-3(7)2-4(5)6;;/h3,7H,2H2,1H3,(H,5,6);;/q;+1;-1. The topological polar surface area (TPSA) is 37.3 Å². The summed E-state index contributed by atoms with van der Waals surface area (Å²) in [6.45, 7) is 1.75. The van der Waals surface area contributed by atoms with E-state index in [1.54, 1.807) is 6.92 Å². The molecule has 0 aliphatic heterocycles. The Kier molecular flexibility index (Phi) is 10.00. The van der Waals surface area contributed by atoms with Crippen LogP contribution >= 0.6 is 12.6 Å². The molecule has 0 aromatic rings. The molecule has 0 rings (SSSR count). The summed E-state index contributed by atoms with van der Waals surface area (Å²) in [6, 6.07) is 0. The van der Waals surface area contributed by atoms with E-state index in [4.69, 9.17) is 5.11 Å². The van der Waals surface area contributed by atoms with Crippen molar-refractivity contribution in [3.63, 3.8) is 0 Å². The summed E-state index contributed by atoms with van der Waals surface area (Å²) >= 11 is 3.86. The Morgan fingerprint density at radius 1 is 2.00 bits per heavy atom. The Hall–Kier alpha value is 1.46. The zero-order valence-electron chi connectivity index (χ0n) is 6.09. The average molecular weight is 160 g/mol. The van der Waals surface area contributed by atoms with Crippen molar-refractivity contribution >= 4 is 18.6 Å². The van der Waals surface area contributed by atoms with Crippen LogP contribution in [0.15, 0.2) is 0 Å². The first-order valence-corrected chi connectivity index (χ1v) is 2.54. The largest absolute Gasteiger partial charge is 1.00 e. The minimum Gasteiger partial charge on any atom is -1.00 e. The molecule has 8 heavy (non-hydrogen) atoms. The fourth-order valence-electron chi connectivity index (χ4n) is 0.253. The number of carbonyl (C=O) groups is 1. The van der Waals surface area contributed by atoms with Gasteiger partial charge in [0, 0.05) is 5.25 Å². The maximum Gasteiger partial charge on any atom is 1.00 e. The second kappa shape index (κ2) is 6.57. The maximum absolute atomic E-state index is 9.76. The van der Waals surface area contributed by atoms with E-state index < -0.39 is 5.97 Å². The molecule has 0 heterocycles. The summed E-state index contributed by atoms with van der Waals surface area (Å²) in [5.74, 6) is -0.789. The third kappa shape index (κ3) is 10.4. The number of hydrogen-bond acceptors (Lipinski definition) is 2. The van der Waals surface area contributed by atoms with Gasteiger partial charge in [0.25, 0.3) is 0 Å². The number of rotatable bonds is 2. The molecule has 1 unspecified atom stereocenters. The van der Waals surface area contributed by atoms with Crippen LogP contribution in [0.1, 0.15) is 14.8 Å². The average Bonchev–Trinajstić information content (AvgIpc) is 1.27. The molecule has 44 valence electrons. The van der Waals surface area contributed by atoms with Crippen LogP contribution in [0, 0.1) is 0 Å². The van der Waals surface area contributed by atoms with Gasteiger partial charge in [-0.15, -0.1) is 0 Å². The van der Waals surface area contributed by atoms with Crippen molar-refractivity contribution < 1.29 is 62.7 Å². The maximum atomic E-state index is 9.76. The van der Waals surface area contributed by atoms with E-state index in [1.807, 2.05) is 0 Å². The molecule has 1 atom stereocenters. The first-order valence-electron chi connectivity index (χ1n) is 2.03. The van der Waals surface area contributed by atoms with E-state index in [0.717, 1.165) is 0 Å². The van der Waals surface area contributed by atoms with Gasteiger partial charge in [0.1, 0.15) is 0 Å². The predicted octanol–water partition coefficient (Wildman–Crippen LogP) is -2.10. The van der Waals surface area contributed by atoms with E-state index in [1.165, 1.54) is 0 Å². The zero-order valence-corrected chi connectivity index (χ0v) is 9.10. The molecule has 4 heteroatoms. The first kappa shape index (κ1) is 12.2. The molecule has 1 N–H and O–H groups in total. The summed E-state index contributed by atoms with van der Waals surface area (Å²) in [5, 5.41) is 8.00. The van der Waals surface area contributed by atoms with Crippen molar-refractivity contribution in [2.75, 3.05) is 0 Å². The molecular formula is C4H9KO2S. The Morgan fingerprint density at radius 3 is 2.38 bits per heavy atom. The van der Waals surface area contributed by atoms with Crippen LogP contribution in [0.3, 0.4) is 0 Å². The molecule has 2 nitrogen and oxygen atoms in total. The quantitative estimate of drug-likeness (QED) is 0.358. The van der Waals surface area contributed by atoms with Crippen LogP contribution < -0.4 is 51.4 Å². The Labute approximate surface area is 98.4 Å². The summed E-state index contributed by atoms with van der Waals surface area (Å²) in [5.41, 5.74) is 0. The summed E-state index contributed by atoms with van der Waals surface area (Å²) in [6.07, 6.45) is 0.142. The SMILES string of the molecule is CC(S)CC(=O)O.[H-].[K+]. The summed E-state index contributed by atoms with van der Waals surface area (Å²) in [4.78, 5) is 9.76. The van der Waals surface area contributed by atoms with Crippen LogP contribution in [0.2, 0.25) is 0 Å². The van der Waals surface area contributed by atoms with E-state index in [2.05, 4.69) is 12.6 Å². The fraction of sp³-hybridized carbons (Fsp3) is 0.750. The van der Waals surface area contributed by atoms with Crippen LogP contribution in [0.4, 0.5) is 0 Å². The van der Waals surface area contributed by atoms with E-state index in [-0.39, 0.29) is 64.5 Å². The summed E-state index contributed by atoms with van der Waals surface area (Å²) < 4.78 is 0. The van der Waals surface area contributed by atoms with E-state index in [0.29, 0.717) is 0 Å². The predicted molar refractivity (Wildman–Crippen MR) is 31.8 cm³/mol. The van der Waals surface area contributed by atoms with Crippen molar-refractivity contribution in [2.24, 2.45) is 0 Å². The number of thiol groups is 1. The van der Waals surface area contributed by atoms with Gasteiger partial charge in [0.05, 0.1) is 6.42 Å². The number of aliphatic carboxylic acids is 1. The van der Waals surface area contributed by atoms with Crippen molar-refractivity contribution in [1.82, 2.24) is 0 Å². The minimum absolute atomic E-state index is 0. The number of carboxylic acids is 1. The Morgan fingerprint density at radius 2 is 2.38 bits per heavy atom. The van der Waals surface area contributed by atoms with Gasteiger partial charge in [-0.05, 0) is 0 Å². The second-order valence-corrected chi connectivity index (χ2v) is 2.33. The van der Waals surface area contributed by atoms with Crippen LogP contribution in [-0.4, -0.2) is 16.3 Å². The van der Waals surface area contributed by atoms with E-state index in [9.17, 15) is 4.79 Å². The van der Waals surface area contributed by atoms with Crippen molar-refractivity contribution in [3.05, 3.63) is 0 Å². The molecule has 0 bridgehead atoms. The monoisotopic (exact) mass is 160 g/mol. The van der Waals surface area contributed by atoms with Crippen LogP contribution in [-0.2, 0) is 4.79 Å². The number of carboxylic acid groups (broad SMARTS) is 1. The third-order valence-corrected chi connectivity index (χ3v) is 0.653. The Bertz CT molecular complexity index is 79.0. The van der Waals surface area contributed by atoms with Gasteiger partial charge in [-0.1, -0.05) is 6.92 Å². The van der Waals surface area contributed by atoms with Gasteiger partial charge in [0.15, 0.2) is 0 Å². The van der Waals surface area contributed by atoms with Crippen molar-refractivity contribution in [3.8, 4) is 0 Å². The number of hydrogen-bond donors (Lipinski definition) is 2. The normalized spacial score (nSPS) is 11.8. The molecule has 0 fully saturated rings. The molecule has 0 saturated heterocycles. The zero-order chi connectivity index (χ0) is 5.86. The van der Waals surface area contributed by atoms with Gasteiger partial charge >= 0.3 is 57.4 Å². The van der Waals surface area contributed by atoms with Crippen LogP contribution in [0.5, 0.6) is 0 Å². The first-order chi connectivity index (χ1) is 3.13. The van der Waals surface area contributed by atoms with Gasteiger partial charge in [-0.25, -0.2) is 0 Å². The smallest absolute Gasteiger partial charge is 1.00 e. The molecule has 0 aliphatic carbocycles. The van der Waals surface area contributed by atoms with Crippen molar-refractivity contribution in [1.29, 1.82) is 0 Å². The molecule has 0 aromatic carbocycles. The second-order valence-electron chi connectivity index (χ2n) is 1.45. The molecular weight excluding hydrogens is 151 g/mol. The minimum atomic E-state index is -0.789. The molecule has 0 radical (unpaired) electrons. The third-order valence-electron chi connectivity index (χ3n) is 0.470. The van der Waals surface area contributed by atoms with Gasteiger partial charge in [-0.3, -0.25) is 4.79 Å². The Balaban J connectivity index is -0.000000180. The van der Waals surface area contributed by atoms with Gasteiger partial charge in [0.2, 0.25) is 0 Å². The fourth-order valence-corrected chi connectivity index (χ4v) is 0.409. The van der Waals surface area contributed by atoms with Crippen molar-refractivity contribution in [2.45, 2.75) is 18.6 Å². The van der Waals surface area contributed by atoms with Crippen LogP contribution in [0.25, 0.3) is 0 Å². The molecule has 0 aliphatic rings. The molecule has 0 spiro atoms. The van der Waals surface area contributed by atoms with E-state index >= 15 is 0 Å².